The minimum atomic E-state index is 0.180. The molecule has 3 aromatic rings. The number of thiophene rings is 1. The fourth-order valence-corrected chi connectivity index (χ4v) is 4.20. The van der Waals surface area contributed by atoms with Crippen molar-refractivity contribution in [3.8, 4) is 5.75 Å². The highest BCUT2D eigenvalue weighted by Gasteiger charge is 2.31. The summed E-state index contributed by atoms with van der Waals surface area (Å²) in [5.74, 6) is 2.10. The molecule has 0 amide bonds. The molecule has 0 saturated carbocycles. The van der Waals surface area contributed by atoms with Gasteiger partial charge in [-0.3, -0.25) is 0 Å². The Morgan fingerprint density at radius 2 is 1.68 bits per heavy atom. The molecule has 1 atom stereocenters. The number of rotatable bonds is 3. The summed E-state index contributed by atoms with van der Waals surface area (Å²) in [6.07, 6.45) is 4.30. The number of hydrogen-bond acceptors (Lipinski definition) is 2. The van der Waals surface area contributed by atoms with Crippen LogP contribution >= 0.6 is 11.3 Å². The van der Waals surface area contributed by atoms with Gasteiger partial charge in [-0.15, -0.1) is 11.3 Å². The van der Waals surface area contributed by atoms with Gasteiger partial charge >= 0.3 is 0 Å². The molecule has 0 radical (unpaired) electrons. The van der Waals surface area contributed by atoms with Crippen molar-refractivity contribution < 1.29 is 4.74 Å². The van der Waals surface area contributed by atoms with Crippen LogP contribution in [0.15, 0.2) is 83.8 Å². The second-order valence-electron chi connectivity index (χ2n) is 6.19. The number of aryl methyl sites for hydroxylation is 1. The molecule has 25 heavy (non-hydrogen) atoms. The van der Waals surface area contributed by atoms with Crippen molar-refractivity contribution in [2.75, 3.05) is 0 Å². The molecule has 4 rings (SSSR count). The first kappa shape index (κ1) is 15.9. The van der Waals surface area contributed by atoms with Crippen LogP contribution in [0.25, 0.3) is 5.76 Å². The first-order valence-corrected chi connectivity index (χ1v) is 9.40. The average Bonchev–Trinajstić information content (AvgIpc) is 3.17. The van der Waals surface area contributed by atoms with Crippen LogP contribution in [-0.2, 0) is 0 Å². The Kier molecular flexibility index (Phi) is 4.29. The molecule has 1 aliphatic rings. The molecule has 0 bridgehead atoms. The first-order chi connectivity index (χ1) is 12.3. The third-order valence-corrected chi connectivity index (χ3v) is 5.47. The third-order valence-electron chi connectivity index (χ3n) is 4.61. The van der Waals surface area contributed by atoms with Crippen LogP contribution < -0.4 is 4.74 Å². The smallest absolute Gasteiger partial charge is 0.148 e. The molecule has 0 spiro atoms. The maximum absolute atomic E-state index is 6.37. The number of para-hydroxylation sites is 1. The monoisotopic (exact) mass is 344 g/mol. The van der Waals surface area contributed by atoms with E-state index >= 15 is 0 Å². The molecule has 2 heteroatoms. The third kappa shape index (κ3) is 2.83. The van der Waals surface area contributed by atoms with Crippen LogP contribution in [0, 0.1) is 6.92 Å². The van der Waals surface area contributed by atoms with Gasteiger partial charge < -0.3 is 4.74 Å². The number of hydrogen-bond donors (Lipinski definition) is 0. The van der Waals surface area contributed by atoms with E-state index in [1.54, 1.807) is 11.3 Å². The summed E-state index contributed by atoms with van der Waals surface area (Å²) in [6, 6.07) is 21.2. The molecule has 1 nitrogen and oxygen atoms in total. The van der Waals surface area contributed by atoms with E-state index in [1.807, 2.05) is 6.07 Å². The van der Waals surface area contributed by atoms with E-state index in [1.165, 1.54) is 27.1 Å². The van der Waals surface area contributed by atoms with Gasteiger partial charge in [0.25, 0.3) is 0 Å². The van der Waals surface area contributed by atoms with Gasteiger partial charge in [0.15, 0.2) is 0 Å². The second kappa shape index (κ2) is 6.73. The Morgan fingerprint density at radius 3 is 2.40 bits per heavy atom. The lowest BCUT2D eigenvalue weighted by Gasteiger charge is -2.30. The number of ether oxygens (including phenoxy) is 1. The van der Waals surface area contributed by atoms with Gasteiger partial charge in [-0.1, -0.05) is 60.7 Å². The van der Waals surface area contributed by atoms with Gasteiger partial charge in [0.05, 0.1) is 4.88 Å². The average molecular weight is 344 g/mol. The molecular formula is C23H20OS. The predicted octanol–water partition coefficient (Wildman–Crippen LogP) is 6.57. The topological polar surface area (TPSA) is 9.23 Å². The van der Waals surface area contributed by atoms with E-state index in [0.717, 1.165) is 11.5 Å². The van der Waals surface area contributed by atoms with E-state index in [0.29, 0.717) is 0 Å². The zero-order chi connectivity index (χ0) is 17.2. The quantitative estimate of drug-likeness (QED) is 0.522. The lowest BCUT2D eigenvalue weighted by Crippen LogP contribution is -2.15. The standard InChI is InChI=1S/C23H20OS/c1-3-9-19-22(17-11-5-4-10-16(17)2)18-12-6-7-13-20(18)24-23(19)21-14-8-15-25-21/h3-15,22H,1-2H3/b9-3+/t22-/m1/s1. The highest BCUT2D eigenvalue weighted by molar-refractivity contribution is 7.11. The Bertz CT molecular complexity index is 948. The Balaban J connectivity index is 2.01. The molecular weight excluding hydrogens is 324 g/mol. The molecule has 124 valence electrons. The van der Waals surface area contributed by atoms with E-state index in [4.69, 9.17) is 4.74 Å². The summed E-state index contributed by atoms with van der Waals surface area (Å²) in [4.78, 5) is 1.17. The molecule has 2 aromatic carbocycles. The normalized spacial score (nSPS) is 16.8. The summed E-state index contributed by atoms with van der Waals surface area (Å²) in [6.45, 7) is 4.25. The molecule has 0 aliphatic carbocycles. The van der Waals surface area contributed by atoms with Crippen molar-refractivity contribution in [1.82, 2.24) is 0 Å². The Morgan fingerprint density at radius 1 is 0.920 bits per heavy atom. The van der Waals surface area contributed by atoms with Gasteiger partial charge in [-0.2, -0.15) is 0 Å². The predicted molar refractivity (Wildman–Crippen MR) is 106 cm³/mol. The number of fused-ring (bicyclic) bond motifs is 1. The summed E-state index contributed by atoms with van der Waals surface area (Å²) >= 11 is 1.72. The van der Waals surface area contributed by atoms with Crippen LogP contribution in [0.2, 0.25) is 0 Å². The second-order valence-corrected chi connectivity index (χ2v) is 7.14. The van der Waals surface area contributed by atoms with Gasteiger partial charge in [0, 0.05) is 17.1 Å². The van der Waals surface area contributed by atoms with Crippen molar-refractivity contribution in [3.63, 3.8) is 0 Å². The fourth-order valence-electron chi connectivity index (χ4n) is 3.48. The van der Waals surface area contributed by atoms with Gasteiger partial charge in [0.2, 0.25) is 0 Å². The largest absolute Gasteiger partial charge is 0.455 e. The fraction of sp³-hybridized carbons (Fsp3) is 0.130. The molecule has 0 N–H and O–H groups in total. The minimum Gasteiger partial charge on any atom is -0.455 e. The molecule has 1 aromatic heterocycles. The van der Waals surface area contributed by atoms with E-state index in [-0.39, 0.29) is 5.92 Å². The SMILES string of the molecule is C/C=C/C1=C(c2cccs2)Oc2ccccc2[C@H]1c1ccccc1C. The first-order valence-electron chi connectivity index (χ1n) is 8.52. The zero-order valence-electron chi connectivity index (χ0n) is 14.4. The number of benzene rings is 2. The van der Waals surface area contributed by atoms with Gasteiger partial charge in [-0.25, -0.2) is 0 Å². The van der Waals surface area contributed by atoms with E-state index in [2.05, 4.69) is 86.0 Å². The van der Waals surface area contributed by atoms with Crippen LogP contribution in [0.3, 0.4) is 0 Å². The summed E-state index contributed by atoms with van der Waals surface area (Å²) < 4.78 is 6.37. The maximum atomic E-state index is 6.37. The van der Waals surface area contributed by atoms with Gasteiger partial charge in [-0.05, 0) is 42.5 Å². The zero-order valence-corrected chi connectivity index (χ0v) is 15.2. The van der Waals surface area contributed by atoms with E-state index < -0.39 is 0 Å². The summed E-state index contributed by atoms with van der Waals surface area (Å²) in [5.41, 5.74) is 5.08. The molecule has 0 fully saturated rings. The van der Waals surface area contributed by atoms with E-state index in [9.17, 15) is 0 Å². The number of allylic oxidation sites excluding steroid dienone is 3. The van der Waals surface area contributed by atoms with Gasteiger partial charge in [0.1, 0.15) is 11.5 Å². The Labute approximate surface area is 152 Å². The van der Waals surface area contributed by atoms with Crippen molar-refractivity contribution in [2.24, 2.45) is 0 Å². The minimum absolute atomic E-state index is 0.180. The molecule has 0 unspecified atom stereocenters. The maximum Gasteiger partial charge on any atom is 0.148 e. The highest BCUT2D eigenvalue weighted by Crippen LogP contribution is 2.47. The van der Waals surface area contributed by atoms with Crippen molar-refractivity contribution >= 4 is 17.1 Å². The van der Waals surface area contributed by atoms with Crippen LogP contribution in [0.1, 0.15) is 34.4 Å². The van der Waals surface area contributed by atoms with Crippen molar-refractivity contribution in [1.29, 1.82) is 0 Å². The lowest BCUT2D eigenvalue weighted by molar-refractivity contribution is 0.488. The summed E-state index contributed by atoms with van der Waals surface area (Å²) in [5, 5.41) is 2.10. The molecule has 0 saturated heterocycles. The Hall–Kier alpha value is -2.58. The van der Waals surface area contributed by atoms with Crippen LogP contribution in [0.5, 0.6) is 5.75 Å². The van der Waals surface area contributed by atoms with Crippen LogP contribution in [-0.4, -0.2) is 0 Å². The molecule has 1 aliphatic heterocycles. The highest BCUT2D eigenvalue weighted by atomic mass is 32.1. The van der Waals surface area contributed by atoms with Crippen LogP contribution in [0.4, 0.5) is 0 Å². The van der Waals surface area contributed by atoms with Crippen molar-refractivity contribution in [2.45, 2.75) is 19.8 Å². The lowest BCUT2D eigenvalue weighted by atomic mass is 9.80. The summed E-state index contributed by atoms with van der Waals surface area (Å²) in [7, 11) is 0. The van der Waals surface area contributed by atoms with Crippen molar-refractivity contribution in [3.05, 3.63) is 105 Å². The molecule has 2 heterocycles.